The second kappa shape index (κ2) is 3.53. The molecular formula is C10H8BrNO2. The SMILES string of the molecule is CC(=O)Cc1cc2ncoc2cc1Br. The largest absolute Gasteiger partial charge is 0.443 e. The van der Waals surface area contributed by atoms with Gasteiger partial charge in [-0.2, -0.15) is 0 Å². The molecule has 4 heteroatoms. The molecule has 2 rings (SSSR count). The van der Waals surface area contributed by atoms with Crippen molar-refractivity contribution in [2.24, 2.45) is 0 Å². The van der Waals surface area contributed by atoms with E-state index in [-0.39, 0.29) is 5.78 Å². The van der Waals surface area contributed by atoms with E-state index in [1.165, 1.54) is 6.39 Å². The van der Waals surface area contributed by atoms with Crippen molar-refractivity contribution in [2.45, 2.75) is 13.3 Å². The van der Waals surface area contributed by atoms with Crippen LogP contribution in [0, 0.1) is 0 Å². The predicted octanol–water partition coefficient (Wildman–Crippen LogP) is 2.72. The molecule has 0 aliphatic carbocycles. The van der Waals surface area contributed by atoms with Gasteiger partial charge in [0.1, 0.15) is 11.3 Å². The third-order valence-electron chi connectivity index (χ3n) is 1.94. The zero-order chi connectivity index (χ0) is 10.1. The number of nitrogens with zero attached hydrogens (tertiary/aromatic N) is 1. The molecule has 1 aromatic carbocycles. The molecule has 2 aromatic rings. The second-order valence-electron chi connectivity index (χ2n) is 3.14. The van der Waals surface area contributed by atoms with Crippen molar-refractivity contribution in [3.05, 3.63) is 28.6 Å². The number of oxazole rings is 1. The van der Waals surface area contributed by atoms with Crippen LogP contribution in [0.25, 0.3) is 11.1 Å². The fourth-order valence-corrected chi connectivity index (χ4v) is 1.79. The van der Waals surface area contributed by atoms with Crippen LogP contribution >= 0.6 is 15.9 Å². The van der Waals surface area contributed by atoms with Crippen molar-refractivity contribution in [1.82, 2.24) is 4.98 Å². The van der Waals surface area contributed by atoms with E-state index >= 15 is 0 Å². The number of ketones is 1. The molecule has 14 heavy (non-hydrogen) atoms. The summed E-state index contributed by atoms with van der Waals surface area (Å²) in [5.41, 5.74) is 2.45. The summed E-state index contributed by atoms with van der Waals surface area (Å²) in [7, 11) is 0. The molecule has 0 radical (unpaired) electrons. The Kier molecular flexibility index (Phi) is 2.37. The van der Waals surface area contributed by atoms with Gasteiger partial charge < -0.3 is 4.42 Å². The summed E-state index contributed by atoms with van der Waals surface area (Å²) < 4.78 is 6.02. The molecule has 0 saturated carbocycles. The predicted molar refractivity (Wildman–Crippen MR) is 56.1 cm³/mol. The maximum atomic E-state index is 11.0. The summed E-state index contributed by atoms with van der Waals surface area (Å²) in [4.78, 5) is 15.0. The Bertz CT molecular complexity index is 490. The number of hydrogen-bond donors (Lipinski definition) is 0. The van der Waals surface area contributed by atoms with Gasteiger partial charge in [-0.15, -0.1) is 0 Å². The lowest BCUT2D eigenvalue weighted by Gasteiger charge is -2.00. The van der Waals surface area contributed by atoms with E-state index in [9.17, 15) is 4.79 Å². The minimum absolute atomic E-state index is 0.133. The number of fused-ring (bicyclic) bond motifs is 1. The highest BCUT2D eigenvalue weighted by molar-refractivity contribution is 9.10. The van der Waals surface area contributed by atoms with Crippen molar-refractivity contribution < 1.29 is 9.21 Å². The quantitative estimate of drug-likeness (QED) is 0.827. The van der Waals surface area contributed by atoms with Crippen LogP contribution < -0.4 is 0 Å². The Labute approximate surface area is 89.3 Å². The van der Waals surface area contributed by atoms with Crippen molar-refractivity contribution in [3.8, 4) is 0 Å². The molecule has 1 heterocycles. The first kappa shape index (κ1) is 9.40. The van der Waals surface area contributed by atoms with Crippen molar-refractivity contribution in [3.63, 3.8) is 0 Å². The first-order valence-corrected chi connectivity index (χ1v) is 4.97. The van der Waals surface area contributed by atoms with E-state index in [1.54, 1.807) is 6.92 Å². The minimum atomic E-state index is 0.133. The lowest BCUT2D eigenvalue weighted by Crippen LogP contribution is -1.97. The molecule has 72 valence electrons. The molecule has 0 atom stereocenters. The van der Waals surface area contributed by atoms with Crippen LogP contribution in [0.2, 0.25) is 0 Å². The summed E-state index contributed by atoms with van der Waals surface area (Å²) in [6.07, 6.45) is 1.82. The van der Waals surface area contributed by atoms with Gasteiger partial charge in [-0.3, -0.25) is 4.79 Å². The zero-order valence-corrected chi connectivity index (χ0v) is 9.17. The highest BCUT2D eigenvalue weighted by Crippen LogP contribution is 2.24. The molecule has 0 saturated heterocycles. The van der Waals surface area contributed by atoms with Crippen LogP contribution in [0.15, 0.2) is 27.4 Å². The molecule has 0 fully saturated rings. The Morgan fingerprint density at radius 3 is 3.07 bits per heavy atom. The molecule has 3 nitrogen and oxygen atoms in total. The van der Waals surface area contributed by atoms with Gasteiger partial charge in [-0.1, -0.05) is 15.9 Å². The number of benzene rings is 1. The Hall–Kier alpha value is -1.16. The molecule has 1 aromatic heterocycles. The molecule has 0 aliphatic rings. The van der Waals surface area contributed by atoms with Crippen LogP contribution in [0.5, 0.6) is 0 Å². The maximum absolute atomic E-state index is 11.0. The first-order chi connectivity index (χ1) is 6.66. The van der Waals surface area contributed by atoms with Gasteiger partial charge in [-0.05, 0) is 24.6 Å². The number of rotatable bonds is 2. The molecule has 0 spiro atoms. The van der Waals surface area contributed by atoms with Crippen LogP contribution in [-0.4, -0.2) is 10.8 Å². The number of halogens is 1. The van der Waals surface area contributed by atoms with E-state index in [2.05, 4.69) is 20.9 Å². The Morgan fingerprint density at radius 1 is 1.57 bits per heavy atom. The normalized spacial score (nSPS) is 10.7. The number of carbonyl (C=O) groups excluding carboxylic acids is 1. The fourth-order valence-electron chi connectivity index (χ4n) is 1.33. The van der Waals surface area contributed by atoms with Crippen LogP contribution in [0.1, 0.15) is 12.5 Å². The van der Waals surface area contributed by atoms with Crippen LogP contribution in [0.3, 0.4) is 0 Å². The van der Waals surface area contributed by atoms with E-state index in [0.29, 0.717) is 6.42 Å². The minimum Gasteiger partial charge on any atom is -0.443 e. The molecule has 0 N–H and O–H groups in total. The fraction of sp³-hybridized carbons (Fsp3) is 0.200. The third kappa shape index (κ3) is 1.70. The van der Waals surface area contributed by atoms with E-state index in [4.69, 9.17) is 4.42 Å². The molecule has 0 bridgehead atoms. The summed E-state index contributed by atoms with van der Waals surface area (Å²) >= 11 is 3.39. The van der Waals surface area contributed by atoms with Crippen LogP contribution in [-0.2, 0) is 11.2 Å². The summed E-state index contributed by atoms with van der Waals surface area (Å²) in [5, 5.41) is 0. The second-order valence-corrected chi connectivity index (χ2v) is 4.00. The van der Waals surface area contributed by atoms with Gasteiger partial charge in [0, 0.05) is 10.9 Å². The lowest BCUT2D eigenvalue weighted by atomic mass is 10.1. The monoisotopic (exact) mass is 253 g/mol. The Balaban J connectivity index is 2.53. The summed E-state index contributed by atoms with van der Waals surface area (Å²) in [5.74, 6) is 0.133. The van der Waals surface area contributed by atoms with Crippen LogP contribution in [0.4, 0.5) is 0 Å². The summed E-state index contributed by atoms with van der Waals surface area (Å²) in [6, 6.07) is 3.70. The van der Waals surface area contributed by atoms with Gasteiger partial charge >= 0.3 is 0 Å². The lowest BCUT2D eigenvalue weighted by molar-refractivity contribution is -0.116. The molecule has 0 amide bonds. The van der Waals surface area contributed by atoms with E-state index in [0.717, 1.165) is 21.1 Å². The van der Waals surface area contributed by atoms with Crippen molar-refractivity contribution >= 4 is 32.8 Å². The number of aromatic nitrogens is 1. The topological polar surface area (TPSA) is 43.1 Å². The van der Waals surface area contributed by atoms with E-state index in [1.807, 2.05) is 12.1 Å². The smallest absolute Gasteiger partial charge is 0.181 e. The standard InChI is InChI=1S/C10H8BrNO2/c1-6(13)2-7-3-9-10(4-8(7)11)14-5-12-9/h3-5H,2H2,1H3. The third-order valence-corrected chi connectivity index (χ3v) is 2.68. The van der Waals surface area contributed by atoms with Gasteiger partial charge in [-0.25, -0.2) is 4.98 Å². The number of Topliss-reactive ketones (excluding diaryl/α,β-unsaturated/α-hetero) is 1. The van der Waals surface area contributed by atoms with Gasteiger partial charge in [0.15, 0.2) is 12.0 Å². The summed E-state index contributed by atoms with van der Waals surface area (Å²) in [6.45, 7) is 1.57. The highest BCUT2D eigenvalue weighted by atomic mass is 79.9. The molecular weight excluding hydrogens is 246 g/mol. The van der Waals surface area contributed by atoms with Crippen molar-refractivity contribution in [1.29, 1.82) is 0 Å². The Morgan fingerprint density at radius 2 is 2.36 bits per heavy atom. The average Bonchev–Trinajstić information content (AvgIpc) is 2.51. The maximum Gasteiger partial charge on any atom is 0.181 e. The van der Waals surface area contributed by atoms with Gasteiger partial charge in [0.05, 0.1) is 0 Å². The first-order valence-electron chi connectivity index (χ1n) is 4.18. The number of carbonyl (C=O) groups is 1. The molecule has 0 unspecified atom stereocenters. The molecule has 0 aliphatic heterocycles. The van der Waals surface area contributed by atoms with Gasteiger partial charge in [0.25, 0.3) is 0 Å². The van der Waals surface area contributed by atoms with Crippen molar-refractivity contribution in [2.75, 3.05) is 0 Å². The highest BCUT2D eigenvalue weighted by Gasteiger charge is 2.07. The average molecular weight is 254 g/mol. The van der Waals surface area contributed by atoms with Gasteiger partial charge in [0.2, 0.25) is 0 Å². The van der Waals surface area contributed by atoms with E-state index < -0.39 is 0 Å². The zero-order valence-electron chi connectivity index (χ0n) is 7.58. The number of hydrogen-bond acceptors (Lipinski definition) is 3.